The van der Waals surface area contributed by atoms with Crippen LogP contribution in [0.25, 0.3) is 0 Å². The summed E-state index contributed by atoms with van der Waals surface area (Å²) in [6.07, 6.45) is 0. The van der Waals surface area contributed by atoms with E-state index in [1.165, 1.54) is 24.3 Å². The lowest BCUT2D eigenvalue weighted by Crippen LogP contribution is -2.25. The number of carbonyl (C=O) groups is 1. The van der Waals surface area contributed by atoms with Crippen molar-refractivity contribution < 1.29 is 19.2 Å². The molecular weight excluding hydrogens is 283 g/mol. The molecule has 2 aromatic rings. The van der Waals surface area contributed by atoms with Crippen molar-refractivity contribution in [2.75, 3.05) is 0 Å². The highest BCUT2D eigenvalue weighted by atomic mass is 19.1. The average Bonchev–Trinajstić information content (AvgIpc) is 2.42. The van der Waals surface area contributed by atoms with Crippen LogP contribution in [0.1, 0.15) is 16.1 Å². The van der Waals surface area contributed by atoms with Gasteiger partial charge in [0.1, 0.15) is 5.69 Å². The number of nitro groups is 1. The van der Waals surface area contributed by atoms with Gasteiger partial charge in [-0.2, -0.15) is 4.39 Å². The minimum absolute atomic E-state index is 0.139. The van der Waals surface area contributed by atoms with Gasteiger partial charge in [-0.05, 0) is 6.07 Å². The number of nitro benzene ring substituents is 1. The summed E-state index contributed by atoms with van der Waals surface area (Å²) in [6.45, 7) is -0.408. The van der Waals surface area contributed by atoms with Crippen molar-refractivity contribution >= 4 is 11.7 Å². The largest absolute Gasteiger partial charge is 0.477 e. The van der Waals surface area contributed by atoms with Gasteiger partial charge in [-0.25, -0.2) is 4.79 Å². The first-order chi connectivity index (χ1) is 9.91. The first-order valence-corrected chi connectivity index (χ1v) is 5.76. The lowest BCUT2D eigenvalue weighted by atomic mass is 10.1. The van der Waals surface area contributed by atoms with E-state index >= 15 is 0 Å². The standard InChI is InChI=1S/C13H9FN2O5/c14-12-8(3-1-4-9(12)16(20)21)7-15-10(13(18)19)5-2-6-11(15)17/h1-6H,7H2,(H,18,19). The van der Waals surface area contributed by atoms with Crippen LogP contribution in [0, 0.1) is 15.9 Å². The number of pyridine rings is 1. The molecule has 8 heteroatoms. The third-order valence-electron chi connectivity index (χ3n) is 2.85. The van der Waals surface area contributed by atoms with E-state index in [0.29, 0.717) is 0 Å². The molecule has 0 spiro atoms. The van der Waals surface area contributed by atoms with E-state index in [2.05, 4.69) is 0 Å². The van der Waals surface area contributed by atoms with Gasteiger partial charge in [0.05, 0.1) is 11.5 Å². The van der Waals surface area contributed by atoms with Crippen molar-refractivity contribution in [1.29, 1.82) is 0 Å². The third-order valence-corrected chi connectivity index (χ3v) is 2.85. The molecule has 1 aromatic heterocycles. The molecule has 0 unspecified atom stereocenters. The third kappa shape index (κ3) is 2.78. The summed E-state index contributed by atoms with van der Waals surface area (Å²) in [6, 6.07) is 7.11. The molecule has 0 aliphatic carbocycles. The highest BCUT2D eigenvalue weighted by molar-refractivity contribution is 5.85. The molecule has 0 saturated carbocycles. The van der Waals surface area contributed by atoms with Crippen LogP contribution in [0.2, 0.25) is 0 Å². The lowest BCUT2D eigenvalue weighted by molar-refractivity contribution is -0.387. The summed E-state index contributed by atoms with van der Waals surface area (Å²) < 4.78 is 14.8. The Hall–Kier alpha value is -3.03. The molecule has 1 heterocycles. The van der Waals surface area contributed by atoms with Crippen LogP contribution in [-0.4, -0.2) is 20.6 Å². The molecule has 0 bridgehead atoms. The molecule has 0 amide bonds. The number of carboxylic acid groups (broad SMARTS) is 1. The van der Waals surface area contributed by atoms with E-state index in [0.717, 1.165) is 16.7 Å². The SMILES string of the molecule is O=C(O)c1cccc(=O)n1Cc1cccc([N+](=O)[O-])c1F. The summed E-state index contributed by atoms with van der Waals surface area (Å²) in [4.78, 5) is 32.6. The molecule has 1 aromatic carbocycles. The number of hydrogen-bond acceptors (Lipinski definition) is 4. The van der Waals surface area contributed by atoms with E-state index in [1.807, 2.05) is 0 Å². The zero-order chi connectivity index (χ0) is 15.6. The fourth-order valence-corrected chi connectivity index (χ4v) is 1.87. The maximum atomic E-state index is 14.0. The average molecular weight is 292 g/mol. The second kappa shape index (κ2) is 5.53. The molecule has 0 radical (unpaired) electrons. The minimum atomic E-state index is -1.35. The van der Waals surface area contributed by atoms with Crippen LogP contribution in [0.5, 0.6) is 0 Å². The van der Waals surface area contributed by atoms with Crippen LogP contribution < -0.4 is 5.56 Å². The Labute approximate surface area is 117 Å². The molecule has 2 rings (SSSR count). The van der Waals surface area contributed by atoms with Crippen molar-refractivity contribution in [3.05, 3.63) is 73.9 Å². The van der Waals surface area contributed by atoms with Gasteiger partial charge < -0.3 is 5.11 Å². The minimum Gasteiger partial charge on any atom is -0.477 e. The number of halogens is 1. The van der Waals surface area contributed by atoms with E-state index in [9.17, 15) is 24.1 Å². The second-order valence-electron chi connectivity index (χ2n) is 4.15. The van der Waals surface area contributed by atoms with Crippen LogP contribution in [0.15, 0.2) is 41.2 Å². The number of rotatable bonds is 4. The predicted molar refractivity (Wildman–Crippen MR) is 69.8 cm³/mol. The summed E-state index contributed by atoms with van der Waals surface area (Å²) >= 11 is 0. The van der Waals surface area contributed by atoms with Gasteiger partial charge in [-0.15, -0.1) is 0 Å². The van der Waals surface area contributed by atoms with Crippen LogP contribution in [0.4, 0.5) is 10.1 Å². The Morgan fingerprint density at radius 1 is 1.29 bits per heavy atom. The van der Waals surface area contributed by atoms with Crippen molar-refractivity contribution in [3.63, 3.8) is 0 Å². The molecule has 7 nitrogen and oxygen atoms in total. The molecule has 0 fully saturated rings. The lowest BCUT2D eigenvalue weighted by Gasteiger charge is -2.10. The molecule has 0 saturated heterocycles. The van der Waals surface area contributed by atoms with Crippen LogP contribution >= 0.6 is 0 Å². The Morgan fingerprint density at radius 3 is 2.57 bits per heavy atom. The normalized spacial score (nSPS) is 10.3. The summed E-state index contributed by atoms with van der Waals surface area (Å²) in [5.74, 6) is -2.44. The van der Waals surface area contributed by atoms with Crippen molar-refractivity contribution in [2.45, 2.75) is 6.54 Å². The van der Waals surface area contributed by atoms with Crippen molar-refractivity contribution in [1.82, 2.24) is 4.57 Å². The molecule has 0 atom stereocenters. The monoisotopic (exact) mass is 292 g/mol. The Bertz CT molecular complexity index is 784. The van der Waals surface area contributed by atoms with Crippen LogP contribution in [-0.2, 0) is 6.54 Å². The summed E-state index contributed by atoms with van der Waals surface area (Å²) in [5.41, 5.74) is -1.83. The number of carboxylic acids is 1. The fraction of sp³-hybridized carbons (Fsp3) is 0.0769. The molecule has 21 heavy (non-hydrogen) atoms. The Balaban J connectivity index is 2.54. The first kappa shape index (κ1) is 14.4. The van der Waals surface area contributed by atoms with E-state index in [-0.39, 0.29) is 11.3 Å². The highest BCUT2D eigenvalue weighted by Gasteiger charge is 2.19. The van der Waals surface area contributed by atoms with E-state index < -0.39 is 34.5 Å². The quantitative estimate of drug-likeness (QED) is 0.681. The second-order valence-corrected chi connectivity index (χ2v) is 4.15. The number of benzene rings is 1. The van der Waals surface area contributed by atoms with Gasteiger partial charge >= 0.3 is 11.7 Å². The van der Waals surface area contributed by atoms with Gasteiger partial charge in [-0.1, -0.05) is 18.2 Å². The van der Waals surface area contributed by atoms with Gasteiger partial charge in [0.15, 0.2) is 0 Å². The summed E-state index contributed by atoms with van der Waals surface area (Å²) in [5, 5.41) is 19.7. The number of aromatic nitrogens is 1. The van der Waals surface area contributed by atoms with E-state index in [1.54, 1.807) is 0 Å². The number of hydrogen-bond donors (Lipinski definition) is 1. The molecule has 0 aliphatic rings. The Morgan fingerprint density at radius 2 is 1.95 bits per heavy atom. The van der Waals surface area contributed by atoms with E-state index in [4.69, 9.17) is 5.11 Å². The van der Waals surface area contributed by atoms with Crippen molar-refractivity contribution in [3.8, 4) is 0 Å². The van der Waals surface area contributed by atoms with Gasteiger partial charge in [-0.3, -0.25) is 19.5 Å². The smallest absolute Gasteiger partial charge is 0.352 e. The fourth-order valence-electron chi connectivity index (χ4n) is 1.87. The van der Waals surface area contributed by atoms with Crippen LogP contribution in [0.3, 0.4) is 0 Å². The van der Waals surface area contributed by atoms with Gasteiger partial charge in [0.25, 0.3) is 5.56 Å². The number of aromatic carboxylic acids is 1. The molecule has 0 aliphatic heterocycles. The predicted octanol–water partition coefficient (Wildman–Crippen LogP) is 1.64. The summed E-state index contributed by atoms with van der Waals surface area (Å²) in [7, 11) is 0. The zero-order valence-electron chi connectivity index (χ0n) is 10.5. The molecular formula is C13H9FN2O5. The molecule has 108 valence electrons. The number of nitrogens with zero attached hydrogens (tertiary/aromatic N) is 2. The maximum Gasteiger partial charge on any atom is 0.352 e. The Kier molecular flexibility index (Phi) is 3.79. The highest BCUT2D eigenvalue weighted by Crippen LogP contribution is 2.20. The topological polar surface area (TPSA) is 102 Å². The zero-order valence-corrected chi connectivity index (χ0v) is 10.5. The van der Waals surface area contributed by atoms with Gasteiger partial charge in [0, 0.05) is 17.7 Å². The maximum absolute atomic E-state index is 14.0. The first-order valence-electron chi connectivity index (χ1n) is 5.76. The molecule has 1 N–H and O–H groups in total. The van der Waals surface area contributed by atoms with Crippen molar-refractivity contribution in [2.24, 2.45) is 0 Å². The van der Waals surface area contributed by atoms with Gasteiger partial charge in [0.2, 0.25) is 5.82 Å².